The molecule has 1 aliphatic rings. The molecule has 1 fully saturated rings. The van der Waals surface area contributed by atoms with E-state index in [0.717, 1.165) is 24.5 Å². The van der Waals surface area contributed by atoms with Crippen molar-refractivity contribution in [2.75, 3.05) is 24.5 Å². The first-order valence-corrected chi connectivity index (χ1v) is 7.69. The van der Waals surface area contributed by atoms with Crippen LogP contribution < -0.4 is 10.6 Å². The number of anilines is 1. The molecular formula is C16H25ClN2. The zero-order valence-corrected chi connectivity index (χ0v) is 12.8. The van der Waals surface area contributed by atoms with Gasteiger partial charge in [-0.15, -0.1) is 0 Å². The average molecular weight is 281 g/mol. The summed E-state index contributed by atoms with van der Waals surface area (Å²) in [6.07, 6.45) is 4.72. The summed E-state index contributed by atoms with van der Waals surface area (Å²) in [6.45, 7) is 7.65. The van der Waals surface area contributed by atoms with Crippen LogP contribution in [-0.4, -0.2) is 19.6 Å². The van der Waals surface area contributed by atoms with Gasteiger partial charge in [-0.3, -0.25) is 0 Å². The van der Waals surface area contributed by atoms with Gasteiger partial charge in [0, 0.05) is 23.8 Å². The van der Waals surface area contributed by atoms with E-state index in [1.165, 1.54) is 30.5 Å². The van der Waals surface area contributed by atoms with Gasteiger partial charge in [0.25, 0.3) is 0 Å². The van der Waals surface area contributed by atoms with Gasteiger partial charge in [0.1, 0.15) is 0 Å². The summed E-state index contributed by atoms with van der Waals surface area (Å²) >= 11 is 6.16. The number of rotatable bonds is 4. The molecule has 0 saturated carbocycles. The Balaban J connectivity index is 2.16. The lowest BCUT2D eigenvalue weighted by molar-refractivity contribution is 0.238. The molecule has 0 amide bonds. The van der Waals surface area contributed by atoms with Gasteiger partial charge in [-0.25, -0.2) is 0 Å². The van der Waals surface area contributed by atoms with Crippen LogP contribution in [0.15, 0.2) is 18.2 Å². The predicted octanol–water partition coefficient (Wildman–Crippen LogP) is 3.86. The van der Waals surface area contributed by atoms with Crippen molar-refractivity contribution in [3.63, 3.8) is 0 Å². The van der Waals surface area contributed by atoms with Gasteiger partial charge < -0.3 is 10.6 Å². The second-order valence-electron chi connectivity index (χ2n) is 5.96. The first kappa shape index (κ1) is 14.7. The number of benzene rings is 1. The fourth-order valence-corrected chi connectivity index (χ4v) is 3.01. The van der Waals surface area contributed by atoms with Crippen LogP contribution in [0.4, 0.5) is 5.69 Å². The fraction of sp³-hybridized carbons (Fsp3) is 0.625. The lowest BCUT2D eigenvalue weighted by Gasteiger charge is -2.40. The van der Waals surface area contributed by atoms with Crippen molar-refractivity contribution in [1.82, 2.24) is 0 Å². The molecule has 19 heavy (non-hydrogen) atoms. The van der Waals surface area contributed by atoms with Gasteiger partial charge in [-0.05, 0) is 48.9 Å². The second kappa shape index (κ2) is 6.15. The van der Waals surface area contributed by atoms with Crippen LogP contribution in [0.5, 0.6) is 0 Å². The summed E-state index contributed by atoms with van der Waals surface area (Å²) in [5, 5.41) is 0.819. The molecule has 3 heteroatoms. The molecular weight excluding hydrogens is 256 g/mol. The Kier molecular flexibility index (Phi) is 4.75. The van der Waals surface area contributed by atoms with Crippen molar-refractivity contribution in [2.24, 2.45) is 11.1 Å². The Hall–Kier alpha value is -0.730. The number of halogens is 1. The lowest BCUT2D eigenvalue weighted by atomic mass is 9.78. The van der Waals surface area contributed by atoms with E-state index in [0.29, 0.717) is 12.0 Å². The van der Waals surface area contributed by atoms with Crippen LogP contribution in [0, 0.1) is 5.41 Å². The Morgan fingerprint density at radius 2 is 2.00 bits per heavy atom. The highest BCUT2D eigenvalue weighted by Crippen LogP contribution is 2.37. The molecule has 0 bridgehead atoms. The van der Waals surface area contributed by atoms with Gasteiger partial charge in [0.05, 0.1) is 0 Å². The molecule has 0 unspecified atom stereocenters. The largest absolute Gasteiger partial charge is 0.371 e. The maximum atomic E-state index is 6.16. The molecule has 1 aliphatic heterocycles. The number of hydrogen-bond donors (Lipinski definition) is 1. The van der Waals surface area contributed by atoms with Crippen molar-refractivity contribution in [1.29, 1.82) is 0 Å². The minimum absolute atomic E-state index is 0.517. The number of piperidine rings is 1. The molecule has 1 aromatic rings. The van der Waals surface area contributed by atoms with E-state index >= 15 is 0 Å². The topological polar surface area (TPSA) is 29.3 Å². The van der Waals surface area contributed by atoms with Crippen molar-refractivity contribution in [3.05, 3.63) is 28.8 Å². The molecule has 0 spiro atoms. The normalized spacial score (nSPS) is 18.6. The van der Waals surface area contributed by atoms with Crippen LogP contribution in [0.3, 0.4) is 0 Å². The van der Waals surface area contributed by atoms with Gasteiger partial charge >= 0.3 is 0 Å². The molecule has 1 heterocycles. The van der Waals surface area contributed by atoms with Crippen LogP contribution in [0.25, 0.3) is 0 Å². The Morgan fingerprint density at radius 3 is 2.58 bits per heavy atom. The zero-order chi connectivity index (χ0) is 13.9. The summed E-state index contributed by atoms with van der Waals surface area (Å²) in [6, 6.07) is 6.19. The van der Waals surface area contributed by atoms with Gasteiger partial charge in [-0.2, -0.15) is 0 Å². The Morgan fingerprint density at radius 1 is 1.32 bits per heavy atom. The van der Waals surface area contributed by atoms with E-state index in [1.807, 2.05) is 6.07 Å². The lowest BCUT2D eigenvalue weighted by Crippen LogP contribution is -2.39. The van der Waals surface area contributed by atoms with E-state index < -0.39 is 0 Å². The molecule has 0 aromatic heterocycles. The molecule has 1 aromatic carbocycles. The maximum absolute atomic E-state index is 6.16. The summed E-state index contributed by atoms with van der Waals surface area (Å²) < 4.78 is 0. The Labute approximate surface area is 121 Å². The highest BCUT2D eigenvalue weighted by molar-refractivity contribution is 6.30. The fourth-order valence-electron chi connectivity index (χ4n) is 2.84. The SMILES string of the molecule is CCC1(C)CCN(c2cc(Cl)ccc2CCN)CC1. The van der Waals surface area contributed by atoms with Crippen LogP contribution >= 0.6 is 11.6 Å². The molecule has 106 valence electrons. The minimum Gasteiger partial charge on any atom is -0.371 e. The van der Waals surface area contributed by atoms with Crippen LogP contribution in [0.2, 0.25) is 5.02 Å². The van der Waals surface area contributed by atoms with Crippen LogP contribution in [-0.2, 0) is 6.42 Å². The zero-order valence-electron chi connectivity index (χ0n) is 12.1. The molecule has 0 radical (unpaired) electrons. The third kappa shape index (κ3) is 3.43. The van der Waals surface area contributed by atoms with E-state index in [1.54, 1.807) is 0 Å². The highest BCUT2D eigenvalue weighted by Gasteiger charge is 2.28. The third-order valence-corrected chi connectivity index (χ3v) is 4.86. The quantitative estimate of drug-likeness (QED) is 0.907. The van der Waals surface area contributed by atoms with Gasteiger partial charge in [-0.1, -0.05) is 37.9 Å². The molecule has 0 atom stereocenters. The summed E-state index contributed by atoms with van der Waals surface area (Å²) in [5.41, 5.74) is 8.84. The average Bonchev–Trinajstić information content (AvgIpc) is 2.42. The van der Waals surface area contributed by atoms with E-state index in [2.05, 4.69) is 30.9 Å². The number of nitrogens with two attached hydrogens (primary N) is 1. The third-order valence-electron chi connectivity index (χ3n) is 4.63. The first-order chi connectivity index (χ1) is 9.08. The van der Waals surface area contributed by atoms with E-state index in [9.17, 15) is 0 Å². The molecule has 2 N–H and O–H groups in total. The molecule has 0 aliphatic carbocycles. The minimum atomic E-state index is 0.517. The van der Waals surface area contributed by atoms with Crippen molar-refractivity contribution in [3.8, 4) is 0 Å². The second-order valence-corrected chi connectivity index (χ2v) is 6.40. The van der Waals surface area contributed by atoms with E-state index in [-0.39, 0.29) is 0 Å². The van der Waals surface area contributed by atoms with E-state index in [4.69, 9.17) is 17.3 Å². The number of hydrogen-bond acceptors (Lipinski definition) is 2. The number of nitrogens with zero attached hydrogens (tertiary/aromatic N) is 1. The molecule has 2 nitrogen and oxygen atoms in total. The van der Waals surface area contributed by atoms with Crippen molar-refractivity contribution in [2.45, 2.75) is 39.5 Å². The van der Waals surface area contributed by atoms with Gasteiger partial charge in [0.15, 0.2) is 0 Å². The van der Waals surface area contributed by atoms with Crippen molar-refractivity contribution < 1.29 is 0 Å². The monoisotopic (exact) mass is 280 g/mol. The maximum Gasteiger partial charge on any atom is 0.0426 e. The summed E-state index contributed by atoms with van der Waals surface area (Å²) in [4.78, 5) is 2.48. The van der Waals surface area contributed by atoms with Gasteiger partial charge in [0.2, 0.25) is 0 Å². The summed E-state index contributed by atoms with van der Waals surface area (Å²) in [5.74, 6) is 0. The predicted molar refractivity (Wildman–Crippen MR) is 84.1 cm³/mol. The van der Waals surface area contributed by atoms with Crippen LogP contribution in [0.1, 0.15) is 38.7 Å². The van der Waals surface area contributed by atoms with Crippen molar-refractivity contribution >= 4 is 17.3 Å². The molecule has 1 saturated heterocycles. The highest BCUT2D eigenvalue weighted by atomic mass is 35.5. The summed E-state index contributed by atoms with van der Waals surface area (Å²) in [7, 11) is 0. The smallest absolute Gasteiger partial charge is 0.0426 e. The Bertz CT molecular complexity index is 423. The molecule has 2 rings (SSSR count). The first-order valence-electron chi connectivity index (χ1n) is 7.31. The standard InChI is InChI=1S/C16H25ClN2/c1-3-16(2)7-10-19(11-8-16)15-12-14(17)5-4-13(15)6-9-18/h4-5,12H,3,6-11,18H2,1-2H3.